The number of para-hydroxylation sites is 2. The highest BCUT2D eigenvalue weighted by atomic mass is 16.3. The van der Waals surface area contributed by atoms with Crippen LogP contribution in [0.25, 0.3) is 110 Å². The van der Waals surface area contributed by atoms with Gasteiger partial charge < -0.3 is 8.83 Å². The normalized spacial score (nSPS) is 13.2. The molecule has 1 aliphatic rings. The van der Waals surface area contributed by atoms with E-state index in [9.17, 15) is 0 Å². The van der Waals surface area contributed by atoms with E-state index in [0.29, 0.717) is 0 Å². The van der Waals surface area contributed by atoms with Gasteiger partial charge in [0.05, 0.1) is 28.3 Å². The molecule has 1 aliphatic carbocycles. The van der Waals surface area contributed by atoms with Gasteiger partial charge in [0.1, 0.15) is 22.3 Å². The van der Waals surface area contributed by atoms with Crippen molar-refractivity contribution in [2.45, 2.75) is 5.41 Å². The van der Waals surface area contributed by atoms with Gasteiger partial charge in [0, 0.05) is 43.4 Å². The Hall–Kier alpha value is -8.34. The third-order valence-corrected chi connectivity index (χ3v) is 13.6. The topological polar surface area (TPSA) is 52.1 Å². The molecule has 0 bridgehead atoms. The first-order valence-electron chi connectivity index (χ1n) is 21.5. The van der Waals surface area contributed by atoms with Crippen LogP contribution >= 0.6 is 0 Å². The molecule has 292 valence electrons. The Morgan fingerprint density at radius 2 is 0.905 bits per heavy atom. The molecule has 4 heteroatoms. The van der Waals surface area contributed by atoms with Crippen molar-refractivity contribution in [1.29, 1.82) is 0 Å². The fraction of sp³-hybridized carbons (Fsp3) is 0.0169. The van der Waals surface area contributed by atoms with Gasteiger partial charge in [-0.3, -0.25) is 4.98 Å². The predicted molar refractivity (Wildman–Crippen MR) is 257 cm³/mol. The van der Waals surface area contributed by atoms with E-state index >= 15 is 0 Å². The molecular weight excluding hydrogens is 769 g/mol. The summed E-state index contributed by atoms with van der Waals surface area (Å²) in [6.07, 6.45) is 1.95. The zero-order valence-corrected chi connectivity index (χ0v) is 33.8. The minimum Gasteiger partial charge on any atom is -0.456 e. The van der Waals surface area contributed by atoms with E-state index in [1.807, 2.05) is 18.3 Å². The highest BCUT2D eigenvalue weighted by molar-refractivity contribution is 6.24. The van der Waals surface area contributed by atoms with E-state index in [2.05, 4.69) is 188 Å². The van der Waals surface area contributed by atoms with Crippen LogP contribution in [0.3, 0.4) is 0 Å². The first-order chi connectivity index (χ1) is 31.2. The number of rotatable bonds is 4. The van der Waals surface area contributed by atoms with E-state index in [1.54, 1.807) is 0 Å². The van der Waals surface area contributed by atoms with Crippen molar-refractivity contribution in [2.75, 3.05) is 0 Å². The van der Waals surface area contributed by atoms with Crippen LogP contribution < -0.4 is 0 Å². The second-order valence-electron chi connectivity index (χ2n) is 16.7. The summed E-state index contributed by atoms with van der Waals surface area (Å²) in [5, 5.41) is 8.79. The predicted octanol–water partition coefficient (Wildman–Crippen LogP) is 15.4. The van der Waals surface area contributed by atoms with Gasteiger partial charge in [-0.25, -0.2) is 4.98 Å². The summed E-state index contributed by atoms with van der Waals surface area (Å²) >= 11 is 0. The van der Waals surface area contributed by atoms with Crippen LogP contribution in [0.5, 0.6) is 0 Å². The minimum absolute atomic E-state index is 0.675. The van der Waals surface area contributed by atoms with E-state index in [-0.39, 0.29) is 0 Å². The molecule has 3 heterocycles. The fourth-order valence-corrected chi connectivity index (χ4v) is 10.9. The standard InChI is InChI=1S/C59H34N2O2/c1-3-15-37(16-4-1)59(38-17-5-2-6-18-38)48-31-35(50-34-60-56-44-22-9-7-19-39(44)40-20-8-10-23-45(40)57(56)61-50)27-29-41(48)42-30-28-36(32-49(42)59)54-55-46-24-12-14-26-52(46)62-53(55)33-47-43-21-11-13-25-51(43)63-58(47)54/h1-34H. The van der Waals surface area contributed by atoms with Crippen molar-refractivity contribution >= 4 is 76.5 Å². The Balaban J connectivity index is 1.06. The number of fused-ring (bicyclic) bond motifs is 15. The van der Waals surface area contributed by atoms with Crippen molar-refractivity contribution in [3.8, 4) is 33.5 Å². The Labute approximate surface area is 361 Å². The van der Waals surface area contributed by atoms with Crippen LogP contribution in [0.4, 0.5) is 0 Å². The SMILES string of the molecule is c1ccc(C2(c3ccccc3)c3cc(-c4cnc5c6ccccc6c6ccccc6c5n4)ccc3-c3ccc(-c4c5oc6ccccc6c5cc5oc6ccccc6c45)cc32)cc1. The average Bonchev–Trinajstić information content (AvgIpc) is 4.01. The van der Waals surface area contributed by atoms with Crippen molar-refractivity contribution in [3.63, 3.8) is 0 Å². The van der Waals surface area contributed by atoms with Crippen LogP contribution in [-0.4, -0.2) is 9.97 Å². The molecule has 10 aromatic carbocycles. The van der Waals surface area contributed by atoms with Crippen molar-refractivity contribution in [2.24, 2.45) is 0 Å². The minimum atomic E-state index is -0.675. The molecule has 4 nitrogen and oxygen atoms in total. The molecule has 0 N–H and O–H groups in total. The molecule has 0 spiro atoms. The fourth-order valence-electron chi connectivity index (χ4n) is 10.9. The number of furan rings is 2. The quantitative estimate of drug-likeness (QED) is 0.166. The van der Waals surface area contributed by atoms with Crippen LogP contribution in [0.1, 0.15) is 22.3 Å². The van der Waals surface area contributed by atoms with Crippen LogP contribution in [-0.2, 0) is 5.41 Å². The zero-order valence-electron chi connectivity index (χ0n) is 33.8. The number of nitrogens with zero attached hydrogens (tertiary/aromatic N) is 2. The molecule has 0 saturated heterocycles. The molecule has 0 atom stereocenters. The smallest absolute Gasteiger partial charge is 0.144 e. The van der Waals surface area contributed by atoms with Crippen LogP contribution in [0, 0.1) is 0 Å². The number of aromatic nitrogens is 2. The summed E-state index contributed by atoms with van der Waals surface area (Å²) < 4.78 is 13.5. The Kier molecular flexibility index (Phi) is 7.01. The van der Waals surface area contributed by atoms with Crippen LogP contribution in [0.15, 0.2) is 215 Å². The largest absolute Gasteiger partial charge is 0.456 e. The van der Waals surface area contributed by atoms with Gasteiger partial charge in [-0.1, -0.05) is 170 Å². The summed E-state index contributed by atoms with van der Waals surface area (Å²) in [6.45, 7) is 0. The maximum absolute atomic E-state index is 6.86. The highest BCUT2D eigenvalue weighted by Crippen LogP contribution is 2.58. The second-order valence-corrected chi connectivity index (χ2v) is 16.7. The summed E-state index contributed by atoms with van der Waals surface area (Å²) in [5.74, 6) is 0. The summed E-state index contributed by atoms with van der Waals surface area (Å²) in [7, 11) is 0. The Bertz CT molecular complexity index is 3950. The highest BCUT2D eigenvalue weighted by Gasteiger charge is 2.46. The van der Waals surface area contributed by atoms with E-state index in [0.717, 1.165) is 88.1 Å². The molecule has 13 aromatic rings. The third-order valence-electron chi connectivity index (χ3n) is 13.6. The third kappa shape index (κ3) is 4.69. The van der Waals surface area contributed by atoms with Gasteiger partial charge in [-0.05, 0) is 80.0 Å². The molecule has 0 radical (unpaired) electrons. The lowest BCUT2D eigenvalue weighted by atomic mass is 9.67. The molecule has 0 aliphatic heterocycles. The molecule has 0 saturated carbocycles. The van der Waals surface area contributed by atoms with Crippen molar-refractivity contribution in [3.05, 3.63) is 229 Å². The number of hydrogen-bond donors (Lipinski definition) is 0. The molecule has 3 aromatic heterocycles. The lowest BCUT2D eigenvalue weighted by molar-refractivity contribution is 0.664. The van der Waals surface area contributed by atoms with E-state index in [4.69, 9.17) is 18.8 Å². The molecule has 63 heavy (non-hydrogen) atoms. The van der Waals surface area contributed by atoms with Gasteiger partial charge in [0.15, 0.2) is 0 Å². The maximum atomic E-state index is 6.86. The van der Waals surface area contributed by atoms with Gasteiger partial charge >= 0.3 is 0 Å². The maximum Gasteiger partial charge on any atom is 0.144 e. The van der Waals surface area contributed by atoms with E-state index < -0.39 is 5.41 Å². The zero-order chi connectivity index (χ0) is 41.2. The van der Waals surface area contributed by atoms with Crippen molar-refractivity contribution in [1.82, 2.24) is 9.97 Å². The molecule has 14 rings (SSSR count). The summed E-state index contributed by atoms with van der Waals surface area (Å²) in [6, 6.07) is 71.7. The monoisotopic (exact) mass is 802 g/mol. The van der Waals surface area contributed by atoms with Crippen molar-refractivity contribution < 1.29 is 8.83 Å². The van der Waals surface area contributed by atoms with Gasteiger partial charge in [0.25, 0.3) is 0 Å². The number of hydrogen-bond acceptors (Lipinski definition) is 4. The van der Waals surface area contributed by atoms with E-state index in [1.165, 1.54) is 44.2 Å². The second kappa shape index (κ2) is 12.8. The summed E-state index contributed by atoms with van der Waals surface area (Å²) in [5.41, 5.74) is 15.7. The van der Waals surface area contributed by atoms with Gasteiger partial charge in [-0.2, -0.15) is 0 Å². The van der Waals surface area contributed by atoms with Gasteiger partial charge in [-0.15, -0.1) is 0 Å². The summed E-state index contributed by atoms with van der Waals surface area (Å²) in [4.78, 5) is 10.6. The Morgan fingerprint density at radius 1 is 0.381 bits per heavy atom. The average molecular weight is 803 g/mol. The van der Waals surface area contributed by atoms with Gasteiger partial charge in [0.2, 0.25) is 0 Å². The Morgan fingerprint density at radius 3 is 1.57 bits per heavy atom. The molecular formula is C59H34N2O2. The molecule has 0 unspecified atom stereocenters. The van der Waals surface area contributed by atoms with Crippen LogP contribution in [0.2, 0.25) is 0 Å². The molecule has 0 fully saturated rings. The first kappa shape index (κ1) is 34.4. The molecule has 0 amide bonds. The number of benzene rings is 10. The lowest BCUT2D eigenvalue weighted by Crippen LogP contribution is -2.28. The first-order valence-corrected chi connectivity index (χ1v) is 21.5. The lowest BCUT2D eigenvalue weighted by Gasteiger charge is -2.34.